The van der Waals surface area contributed by atoms with E-state index in [1.165, 1.54) is 12.1 Å². The average molecular weight is 319 g/mol. The second kappa shape index (κ2) is 7.00. The van der Waals surface area contributed by atoms with Crippen molar-refractivity contribution in [3.63, 3.8) is 0 Å². The Labute approximate surface area is 127 Å². The van der Waals surface area contributed by atoms with E-state index in [-0.39, 0.29) is 24.8 Å². The second-order valence-corrected chi connectivity index (χ2v) is 5.95. The molecule has 1 aromatic rings. The molecule has 0 heterocycles. The minimum absolute atomic E-state index is 0.0102. The molecule has 0 bridgehead atoms. The van der Waals surface area contributed by atoms with Gasteiger partial charge in [0.1, 0.15) is 18.5 Å². The maximum absolute atomic E-state index is 12.5. The molecule has 0 aliphatic heterocycles. The first-order valence-corrected chi connectivity index (χ1v) is 6.76. The molecule has 0 fully saturated rings. The Kier molecular flexibility index (Phi) is 5.82. The summed E-state index contributed by atoms with van der Waals surface area (Å²) in [5.74, 6) is -0.221. The van der Waals surface area contributed by atoms with Crippen LogP contribution >= 0.6 is 0 Å². The zero-order chi connectivity index (χ0) is 17.0. The quantitative estimate of drug-likeness (QED) is 0.877. The van der Waals surface area contributed by atoms with Crippen LogP contribution < -0.4 is 10.1 Å². The van der Waals surface area contributed by atoms with Crippen LogP contribution in [0, 0.1) is 5.41 Å². The molecule has 1 atom stereocenters. The fraction of sp³-hybridized carbons (Fsp3) is 0.533. The summed E-state index contributed by atoms with van der Waals surface area (Å²) in [5, 5.41) is 12.2. The van der Waals surface area contributed by atoms with E-state index in [0.29, 0.717) is 0 Å². The van der Waals surface area contributed by atoms with Gasteiger partial charge in [-0.3, -0.25) is 4.79 Å². The lowest BCUT2D eigenvalue weighted by Crippen LogP contribution is -2.40. The summed E-state index contributed by atoms with van der Waals surface area (Å²) in [6.07, 6.45) is -5.46. The van der Waals surface area contributed by atoms with Crippen LogP contribution in [-0.2, 0) is 11.0 Å². The summed E-state index contributed by atoms with van der Waals surface area (Å²) in [4.78, 5) is 11.6. The summed E-state index contributed by atoms with van der Waals surface area (Å²) in [6, 6.07) is 4.40. The third-order valence-electron chi connectivity index (χ3n) is 2.78. The maximum atomic E-state index is 12.5. The number of aliphatic hydroxyl groups excluding tert-OH is 1. The molecule has 0 aliphatic rings. The number of benzene rings is 1. The number of aliphatic hydroxyl groups is 1. The molecule has 124 valence electrons. The Morgan fingerprint density at radius 1 is 1.32 bits per heavy atom. The van der Waals surface area contributed by atoms with Gasteiger partial charge in [0, 0.05) is 12.0 Å². The molecule has 0 radical (unpaired) electrons. The normalized spacial score (nSPS) is 13.6. The van der Waals surface area contributed by atoms with Gasteiger partial charge in [-0.25, -0.2) is 0 Å². The molecule has 0 saturated carbocycles. The number of amides is 1. The lowest BCUT2D eigenvalue weighted by molar-refractivity contribution is -0.137. The van der Waals surface area contributed by atoms with Gasteiger partial charge in [0.25, 0.3) is 0 Å². The molecule has 1 amide bonds. The number of carbonyl (C=O) groups excluding carboxylic acids is 1. The zero-order valence-electron chi connectivity index (χ0n) is 12.7. The summed E-state index contributed by atoms with van der Waals surface area (Å²) in [5.41, 5.74) is -1.40. The molecule has 1 rings (SSSR count). The molecule has 7 heteroatoms. The minimum Gasteiger partial charge on any atom is -0.491 e. The molecule has 1 unspecified atom stereocenters. The number of hydrogen-bond acceptors (Lipinski definition) is 3. The van der Waals surface area contributed by atoms with Crippen molar-refractivity contribution in [2.75, 3.05) is 13.2 Å². The van der Waals surface area contributed by atoms with E-state index in [2.05, 4.69) is 5.32 Å². The number of alkyl halides is 3. The third kappa shape index (κ3) is 5.93. The first-order valence-electron chi connectivity index (χ1n) is 6.76. The van der Waals surface area contributed by atoms with Gasteiger partial charge < -0.3 is 15.2 Å². The number of ether oxygens (including phenoxy) is 1. The van der Waals surface area contributed by atoms with E-state index in [1.807, 2.05) is 0 Å². The van der Waals surface area contributed by atoms with Crippen molar-refractivity contribution in [3.8, 4) is 5.75 Å². The van der Waals surface area contributed by atoms with E-state index in [9.17, 15) is 23.1 Å². The molecule has 4 nitrogen and oxygen atoms in total. The van der Waals surface area contributed by atoms with Crippen LogP contribution in [0.3, 0.4) is 0 Å². The Balaban J connectivity index is 2.48. The van der Waals surface area contributed by atoms with Gasteiger partial charge >= 0.3 is 6.18 Å². The molecular weight excluding hydrogens is 299 g/mol. The number of rotatable bonds is 5. The van der Waals surface area contributed by atoms with Crippen molar-refractivity contribution in [3.05, 3.63) is 29.8 Å². The fourth-order valence-corrected chi connectivity index (χ4v) is 1.49. The molecular formula is C15H20F3NO3. The fourth-order valence-electron chi connectivity index (χ4n) is 1.49. The topological polar surface area (TPSA) is 58.6 Å². The summed E-state index contributed by atoms with van der Waals surface area (Å²) < 4.78 is 42.7. The van der Waals surface area contributed by atoms with E-state index in [1.54, 1.807) is 20.8 Å². The molecule has 0 spiro atoms. The first kappa shape index (κ1) is 18.3. The van der Waals surface area contributed by atoms with E-state index in [0.717, 1.165) is 12.1 Å². The zero-order valence-corrected chi connectivity index (χ0v) is 12.7. The highest BCUT2D eigenvalue weighted by Crippen LogP contribution is 2.31. The molecule has 2 N–H and O–H groups in total. The molecule has 0 aromatic heterocycles. The monoisotopic (exact) mass is 319 g/mol. The van der Waals surface area contributed by atoms with Crippen LogP contribution in [0.4, 0.5) is 13.2 Å². The minimum atomic E-state index is -4.45. The summed E-state index contributed by atoms with van der Waals surface area (Å²) in [6.45, 7) is 4.94. The van der Waals surface area contributed by atoms with Gasteiger partial charge in [-0.15, -0.1) is 0 Å². The standard InChI is InChI=1S/C15H20F3NO3/c1-14(2,3)13(21)19-8-11(20)9-22-12-6-4-5-10(7-12)15(16,17)18/h4-7,11,20H,8-9H2,1-3H3,(H,19,21). The van der Waals surface area contributed by atoms with Gasteiger partial charge in [0.15, 0.2) is 0 Å². The largest absolute Gasteiger partial charge is 0.491 e. The van der Waals surface area contributed by atoms with Crippen molar-refractivity contribution < 1.29 is 27.8 Å². The Morgan fingerprint density at radius 2 is 1.95 bits per heavy atom. The van der Waals surface area contributed by atoms with Crippen LogP contribution in [0.2, 0.25) is 0 Å². The predicted octanol–water partition coefficient (Wildman–Crippen LogP) is 2.61. The molecule has 1 aromatic carbocycles. The number of halogens is 3. The van der Waals surface area contributed by atoms with Crippen LogP contribution in [-0.4, -0.2) is 30.3 Å². The van der Waals surface area contributed by atoms with Crippen molar-refractivity contribution in [1.29, 1.82) is 0 Å². The highest BCUT2D eigenvalue weighted by molar-refractivity contribution is 5.81. The number of carbonyl (C=O) groups is 1. The van der Waals surface area contributed by atoms with Crippen LogP contribution in [0.15, 0.2) is 24.3 Å². The van der Waals surface area contributed by atoms with Gasteiger partial charge in [-0.1, -0.05) is 26.8 Å². The first-order chi connectivity index (χ1) is 10.00. The maximum Gasteiger partial charge on any atom is 0.416 e. The van der Waals surface area contributed by atoms with Crippen LogP contribution in [0.1, 0.15) is 26.3 Å². The summed E-state index contributed by atoms with van der Waals surface area (Å²) in [7, 11) is 0. The van der Waals surface area contributed by atoms with Crippen molar-refractivity contribution in [2.45, 2.75) is 33.1 Å². The Morgan fingerprint density at radius 3 is 2.50 bits per heavy atom. The predicted molar refractivity (Wildman–Crippen MR) is 75.4 cm³/mol. The average Bonchev–Trinajstić information content (AvgIpc) is 2.40. The van der Waals surface area contributed by atoms with Gasteiger partial charge in [-0.05, 0) is 18.2 Å². The van der Waals surface area contributed by atoms with Gasteiger partial charge in [0.05, 0.1) is 5.56 Å². The van der Waals surface area contributed by atoms with E-state index < -0.39 is 23.3 Å². The number of hydrogen-bond donors (Lipinski definition) is 2. The van der Waals surface area contributed by atoms with Crippen LogP contribution in [0.25, 0.3) is 0 Å². The molecule has 0 aliphatic carbocycles. The lowest BCUT2D eigenvalue weighted by Gasteiger charge is -2.19. The van der Waals surface area contributed by atoms with E-state index >= 15 is 0 Å². The molecule has 22 heavy (non-hydrogen) atoms. The van der Waals surface area contributed by atoms with Crippen molar-refractivity contribution in [2.24, 2.45) is 5.41 Å². The summed E-state index contributed by atoms with van der Waals surface area (Å²) >= 11 is 0. The Bertz CT molecular complexity index is 509. The third-order valence-corrected chi connectivity index (χ3v) is 2.78. The Hall–Kier alpha value is -1.76. The second-order valence-electron chi connectivity index (χ2n) is 5.95. The van der Waals surface area contributed by atoms with Gasteiger partial charge in [0.2, 0.25) is 5.91 Å². The van der Waals surface area contributed by atoms with E-state index in [4.69, 9.17) is 4.74 Å². The highest BCUT2D eigenvalue weighted by Gasteiger charge is 2.30. The van der Waals surface area contributed by atoms with Crippen molar-refractivity contribution >= 4 is 5.91 Å². The number of nitrogens with one attached hydrogen (secondary N) is 1. The van der Waals surface area contributed by atoms with Crippen LogP contribution in [0.5, 0.6) is 5.75 Å². The van der Waals surface area contributed by atoms with Gasteiger partial charge in [-0.2, -0.15) is 13.2 Å². The highest BCUT2D eigenvalue weighted by atomic mass is 19.4. The van der Waals surface area contributed by atoms with Crippen molar-refractivity contribution in [1.82, 2.24) is 5.32 Å². The molecule has 0 saturated heterocycles. The lowest BCUT2D eigenvalue weighted by atomic mass is 9.96. The smallest absolute Gasteiger partial charge is 0.416 e. The SMILES string of the molecule is CC(C)(C)C(=O)NCC(O)COc1cccc(C(F)(F)F)c1.